The van der Waals surface area contributed by atoms with E-state index in [0.29, 0.717) is 0 Å². The zero-order valence-electron chi connectivity index (χ0n) is 19.2. The number of nitrogens with one attached hydrogen (secondary N) is 3. The third-order valence-electron chi connectivity index (χ3n) is 6.61. The number of aromatic amines is 1. The van der Waals surface area contributed by atoms with E-state index in [1.54, 1.807) is 12.5 Å². The van der Waals surface area contributed by atoms with E-state index < -0.39 is 0 Å². The third kappa shape index (κ3) is 4.26. The van der Waals surface area contributed by atoms with Crippen molar-refractivity contribution in [3.05, 3.63) is 49.1 Å². The molecule has 3 aromatic heterocycles. The van der Waals surface area contributed by atoms with Crippen molar-refractivity contribution in [3.63, 3.8) is 0 Å². The van der Waals surface area contributed by atoms with Crippen molar-refractivity contribution in [3.8, 4) is 11.3 Å². The van der Waals surface area contributed by atoms with E-state index in [2.05, 4.69) is 75.7 Å². The van der Waals surface area contributed by atoms with Crippen LogP contribution in [-0.2, 0) is 0 Å². The molecule has 0 aliphatic carbocycles. The van der Waals surface area contributed by atoms with Crippen molar-refractivity contribution in [2.75, 3.05) is 54.4 Å². The molecule has 6 rings (SSSR count). The van der Waals surface area contributed by atoms with Gasteiger partial charge in [0.2, 0.25) is 0 Å². The van der Waals surface area contributed by atoms with Crippen molar-refractivity contribution >= 4 is 34.2 Å². The van der Waals surface area contributed by atoms with Gasteiger partial charge in [0.05, 0.1) is 17.8 Å². The molecule has 2 fully saturated rings. The predicted octanol–water partition coefficient (Wildman–Crippen LogP) is 3.56. The average Bonchev–Trinajstić information content (AvgIpc) is 3.35. The van der Waals surface area contributed by atoms with Crippen LogP contribution in [0, 0.1) is 0 Å². The molecule has 9 nitrogen and oxygen atoms in total. The van der Waals surface area contributed by atoms with Crippen LogP contribution in [0.5, 0.6) is 0 Å². The van der Waals surface area contributed by atoms with Gasteiger partial charge in [-0.05, 0) is 43.0 Å². The smallest absolute Gasteiger partial charge is 0.149 e. The Bertz CT molecular complexity index is 1240. The number of piperazine rings is 1. The molecule has 0 saturated carbocycles. The molecule has 0 spiro atoms. The first-order valence-electron chi connectivity index (χ1n) is 12.1. The Morgan fingerprint density at radius 3 is 2.38 bits per heavy atom. The Hall–Kier alpha value is -3.72. The standard InChI is InChI=1S/C25H29N9/c1-2-10-34(11-3-1)25-20-14-21(32-24(20)29-17-30-25)18-4-6-19(7-5-18)31-22-15-28-23(16-27-22)33-12-8-26-9-13-33/h4-7,14-17,26H,1-3,8-13H2,(H,27,31)(H,29,30,32). The number of H-pyrrole nitrogens is 1. The Morgan fingerprint density at radius 2 is 1.62 bits per heavy atom. The highest BCUT2D eigenvalue weighted by Gasteiger charge is 2.17. The molecule has 2 aliphatic heterocycles. The number of anilines is 4. The lowest BCUT2D eigenvalue weighted by molar-refractivity contribution is 0.574. The Labute approximate surface area is 198 Å². The van der Waals surface area contributed by atoms with E-state index >= 15 is 0 Å². The minimum atomic E-state index is 0.735. The van der Waals surface area contributed by atoms with Gasteiger partial charge in [0.25, 0.3) is 0 Å². The zero-order valence-corrected chi connectivity index (χ0v) is 19.2. The van der Waals surface area contributed by atoms with Crippen molar-refractivity contribution in [2.24, 2.45) is 0 Å². The summed E-state index contributed by atoms with van der Waals surface area (Å²) in [6.07, 6.45) is 9.04. The molecule has 0 unspecified atom stereocenters. The van der Waals surface area contributed by atoms with Crippen LogP contribution in [0.1, 0.15) is 19.3 Å². The zero-order chi connectivity index (χ0) is 22.7. The van der Waals surface area contributed by atoms with Gasteiger partial charge >= 0.3 is 0 Å². The lowest BCUT2D eigenvalue weighted by Crippen LogP contribution is -2.43. The summed E-state index contributed by atoms with van der Waals surface area (Å²) in [5.41, 5.74) is 4.00. The van der Waals surface area contributed by atoms with Crippen molar-refractivity contribution in [1.82, 2.24) is 30.2 Å². The lowest BCUT2D eigenvalue weighted by Gasteiger charge is -2.28. The number of fused-ring (bicyclic) bond motifs is 1. The van der Waals surface area contributed by atoms with Crippen LogP contribution < -0.4 is 20.4 Å². The quantitative estimate of drug-likeness (QED) is 0.420. The summed E-state index contributed by atoms with van der Waals surface area (Å²) in [5, 5.41) is 7.79. The van der Waals surface area contributed by atoms with E-state index in [1.165, 1.54) is 19.3 Å². The Balaban J connectivity index is 1.17. The molecule has 0 radical (unpaired) electrons. The highest BCUT2D eigenvalue weighted by atomic mass is 15.2. The van der Waals surface area contributed by atoms with Crippen LogP contribution in [0.4, 0.5) is 23.1 Å². The molecule has 1 aromatic carbocycles. The van der Waals surface area contributed by atoms with Gasteiger partial charge in [-0.1, -0.05) is 12.1 Å². The summed E-state index contributed by atoms with van der Waals surface area (Å²) in [4.78, 5) is 26.3. The molecule has 34 heavy (non-hydrogen) atoms. The van der Waals surface area contributed by atoms with E-state index in [9.17, 15) is 0 Å². The molecule has 2 aliphatic rings. The lowest BCUT2D eigenvalue weighted by atomic mass is 10.1. The summed E-state index contributed by atoms with van der Waals surface area (Å²) in [6.45, 7) is 6.01. The number of rotatable bonds is 5. The summed E-state index contributed by atoms with van der Waals surface area (Å²) >= 11 is 0. The van der Waals surface area contributed by atoms with Crippen LogP contribution in [0.2, 0.25) is 0 Å². The largest absolute Gasteiger partial charge is 0.356 e. The van der Waals surface area contributed by atoms with Crippen LogP contribution in [0.15, 0.2) is 49.1 Å². The highest BCUT2D eigenvalue weighted by molar-refractivity contribution is 5.92. The number of nitrogens with zero attached hydrogens (tertiary/aromatic N) is 6. The number of hydrogen-bond donors (Lipinski definition) is 3. The van der Waals surface area contributed by atoms with Gasteiger partial charge < -0.3 is 25.4 Å². The summed E-state index contributed by atoms with van der Waals surface area (Å²) < 4.78 is 0. The first-order valence-corrected chi connectivity index (χ1v) is 12.1. The SMILES string of the molecule is c1nc(N2CCCCC2)c2cc(-c3ccc(Nc4cnc(N5CCNCC5)cn4)cc3)[nH]c2n1. The van der Waals surface area contributed by atoms with Gasteiger partial charge in [0.1, 0.15) is 29.4 Å². The average molecular weight is 456 g/mol. The number of hydrogen-bond acceptors (Lipinski definition) is 8. The Morgan fingerprint density at radius 1 is 0.794 bits per heavy atom. The number of benzene rings is 1. The molecule has 0 atom stereocenters. The second-order valence-electron chi connectivity index (χ2n) is 8.89. The first kappa shape index (κ1) is 20.9. The highest BCUT2D eigenvalue weighted by Crippen LogP contribution is 2.30. The van der Waals surface area contributed by atoms with Gasteiger partial charge in [-0.2, -0.15) is 0 Å². The molecular formula is C25H29N9. The van der Waals surface area contributed by atoms with Gasteiger partial charge in [0, 0.05) is 50.6 Å². The summed E-state index contributed by atoms with van der Waals surface area (Å²) in [7, 11) is 0. The predicted molar refractivity (Wildman–Crippen MR) is 136 cm³/mol. The fourth-order valence-corrected chi connectivity index (χ4v) is 4.76. The topological polar surface area (TPSA) is 97.9 Å². The second kappa shape index (κ2) is 9.26. The monoisotopic (exact) mass is 455 g/mol. The number of piperidine rings is 1. The van der Waals surface area contributed by atoms with Crippen molar-refractivity contribution in [1.29, 1.82) is 0 Å². The van der Waals surface area contributed by atoms with E-state index in [1.807, 2.05) is 6.20 Å². The maximum Gasteiger partial charge on any atom is 0.149 e. The summed E-state index contributed by atoms with van der Waals surface area (Å²) in [6, 6.07) is 10.5. The normalized spacial score (nSPS) is 16.7. The fourth-order valence-electron chi connectivity index (χ4n) is 4.76. The molecule has 9 heteroatoms. The van der Waals surface area contributed by atoms with Gasteiger partial charge in [-0.3, -0.25) is 0 Å². The van der Waals surface area contributed by atoms with Gasteiger partial charge in [0.15, 0.2) is 0 Å². The maximum atomic E-state index is 4.60. The van der Waals surface area contributed by atoms with Crippen LogP contribution in [-0.4, -0.2) is 64.2 Å². The molecule has 5 heterocycles. The molecule has 4 aromatic rings. The minimum absolute atomic E-state index is 0.735. The van der Waals surface area contributed by atoms with E-state index in [-0.39, 0.29) is 0 Å². The van der Waals surface area contributed by atoms with Gasteiger partial charge in [-0.25, -0.2) is 19.9 Å². The molecule has 0 bridgehead atoms. The van der Waals surface area contributed by atoms with Gasteiger partial charge in [-0.15, -0.1) is 0 Å². The van der Waals surface area contributed by atoms with Crippen LogP contribution >= 0.6 is 0 Å². The number of aromatic nitrogens is 5. The van der Waals surface area contributed by atoms with Crippen LogP contribution in [0.3, 0.4) is 0 Å². The molecule has 2 saturated heterocycles. The van der Waals surface area contributed by atoms with Crippen molar-refractivity contribution < 1.29 is 0 Å². The van der Waals surface area contributed by atoms with E-state index in [0.717, 1.165) is 84.7 Å². The van der Waals surface area contributed by atoms with Crippen molar-refractivity contribution in [2.45, 2.75) is 19.3 Å². The van der Waals surface area contributed by atoms with Crippen LogP contribution in [0.25, 0.3) is 22.3 Å². The second-order valence-corrected chi connectivity index (χ2v) is 8.89. The maximum absolute atomic E-state index is 4.60. The fraction of sp³-hybridized carbons (Fsp3) is 0.360. The first-order chi connectivity index (χ1) is 16.8. The molecule has 3 N–H and O–H groups in total. The third-order valence-corrected chi connectivity index (χ3v) is 6.61. The van der Waals surface area contributed by atoms with E-state index in [4.69, 9.17) is 0 Å². The summed E-state index contributed by atoms with van der Waals surface area (Å²) in [5.74, 6) is 2.69. The molecule has 174 valence electrons. The minimum Gasteiger partial charge on any atom is -0.356 e. The Kier molecular flexibility index (Phi) is 5.68. The molecule has 0 amide bonds. The molecular weight excluding hydrogens is 426 g/mol.